The van der Waals surface area contributed by atoms with Crippen molar-refractivity contribution < 1.29 is 0 Å². The second-order valence-electron chi connectivity index (χ2n) is 1.89. The van der Waals surface area contributed by atoms with Crippen LogP contribution in [-0.4, -0.2) is 11.5 Å². The van der Waals surface area contributed by atoms with Crippen LogP contribution in [0.15, 0.2) is 16.8 Å². The Morgan fingerprint density at radius 3 is 3.00 bits per heavy atom. The molecule has 0 aromatic carbocycles. The fourth-order valence-corrected chi connectivity index (χ4v) is 0.923. The molecule has 0 bridgehead atoms. The van der Waals surface area contributed by atoms with E-state index in [1.54, 1.807) is 6.08 Å². The number of amidine groups is 1. The standard InChI is InChI=1S/C5H8ClN3/c1-3-2-4(7)9-5(6)8-3/h2,4H,7H2,1H3,(H,8,9)/t4-/m0/s1. The number of allylic oxidation sites excluding steroid dienone is 1. The Hall–Kier alpha value is -0.540. The Bertz CT molecular complexity index is 155. The van der Waals surface area contributed by atoms with Gasteiger partial charge in [-0.2, -0.15) is 0 Å². The van der Waals surface area contributed by atoms with Crippen LogP contribution in [-0.2, 0) is 0 Å². The van der Waals surface area contributed by atoms with Crippen molar-refractivity contribution in [2.45, 2.75) is 13.1 Å². The second kappa shape index (κ2) is 2.37. The molecule has 0 radical (unpaired) electrons. The monoisotopic (exact) mass is 145 g/mol. The van der Waals surface area contributed by atoms with Gasteiger partial charge in [0.05, 0.1) is 0 Å². The van der Waals surface area contributed by atoms with Crippen molar-refractivity contribution in [2.75, 3.05) is 0 Å². The molecule has 4 heteroatoms. The highest BCUT2D eigenvalue weighted by molar-refractivity contribution is 6.65. The van der Waals surface area contributed by atoms with Crippen molar-refractivity contribution in [2.24, 2.45) is 10.7 Å². The predicted molar refractivity (Wildman–Crippen MR) is 38.2 cm³/mol. The van der Waals surface area contributed by atoms with Gasteiger partial charge in [-0.25, -0.2) is 4.99 Å². The lowest BCUT2D eigenvalue weighted by Crippen LogP contribution is -2.28. The SMILES string of the molecule is CC1=C[C@@H](N)N=C(Cl)N1. The molecular formula is C5H8ClN3. The molecule has 0 aromatic rings. The Morgan fingerprint density at radius 2 is 2.56 bits per heavy atom. The first-order valence-electron chi connectivity index (χ1n) is 2.63. The second-order valence-corrected chi connectivity index (χ2v) is 2.24. The van der Waals surface area contributed by atoms with Crippen molar-refractivity contribution in [3.63, 3.8) is 0 Å². The number of rotatable bonds is 0. The van der Waals surface area contributed by atoms with E-state index in [1.807, 2.05) is 6.92 Å². The molecule has 9 heavy (non-hydrogen) atoms. The summed E-state index contributed by atoms with van der Waals surface area (Å²) in [4.78, 5) is 3.81. The summed E-state index contributed by atoms with van der Waals surface area (Å²) in [5.41, 5.74) is 6.37. The molecular weight excluding hydrogens is 138 g/mol. The molecule has 0 aromatic heterocycles. The molecule has 50 valence electrons. The highest BCUT2D eigenvalue weighted by Gasteiger charge is 2.04. The zero-order valence-corrected chi connectivity index (χ0v) is 5.81. The van der Waals surface area contributed by atoms with Crippen LogP contribution >= 0.6 is 11.6 Å². The third kappa shape index (κ3) is 1.69. The van der Waals surface area contributed by atoms with Gasteiger partial charge in [-0.1, -0.05) is 0 Å². The third-order valence-corrected chi connectivity index (χ3v) is 1.18. The summed E-state index contributed by atoms with van der Waals surface area (Å²) >= 11 is 5.52. The molecule has 0 fully saturated rings. The van der Waals surface area contributed by atoms with Gasteiger partial charge >= 0.3 is 0 Å². The summed E-state index contributed by atoms with van der Waals surface area (Å²) in [6, 6.07) is 0. The highest BCUT2D eigenvalue weighted by Crippen LogP contribution is 2.00. The Kier molecular flexibility index (Phi) is 1.73. The van der Waals surface area contributed by atoms with Crippen LogP contribution in [0.4, 0.5) is 0 Å². The number of nitrogens with one attached hydrogen (secondary N) is 1. The van der Waals surface area contributed by atoms with Crippen molar-refractivity contribution in [1.82, 2.24) is 5.32 Å². The summed E-state index contributed by atoms with van der Waals surface area (Å²) < 4.78 is 0. The first-order valence-corrected chi connectivity index (χ1v) is 3.00. The van der Waals surface area contributed by atoms with Crippen molar-refractivity contribution >= 4 is 16.9 Å². The van der Waals surface area contributed by atoms with Crippen molar-refractivity contribution in [3.05, 3.63) is 11.8 Å². The first kappa shape index (κ1) is 6.58. The maximum absolute atomic E-state index is 5.52. The van der Waals surface area contributed by atoms with Crippen LogP contribution in [0.5, 0.6) is 0 Å². The fraction of sp³-hybridized carbons (Fsp3) is 0.400. The van der Waals surface area contributed by atoms with Crippen LogP contribution in [0.25, 0.3) is 0 Å². The Balaban J connectivity index is 2.69. The van der Waals surface area contributed by atoms with E-state index in [1.165, 1.54) is 0 Å². The van der Waals surface area contributed by atoms with Crippen LogP contribution in [0.1, 0.15) is 6.92 Å². The highest BCUT2D eigenvalue weighted by atomic mass is 35.5. The van der Waals surface area contributed by atoms with E-state index in [4.69, 9.17) is 17.3 Å². The molecule has 0 saturated carbocycles. The lowest BCUT2D eigenvalue weighted by Gasteiger charge is -2.12. The van der Waals surface area contributed by atoms with Gasteiger partial charge in [0, 0.05) is 5.70 Å². The molecule has 0 aliphatic carbocycles. The minimum absolute atomic E-state index is 0.279. The van der Waals surface area contributed by atoms with Gasteiger partial charge in [0.25, 0.3) is 0 Å². The summed E-state index contributed by atoms with van der Waals surface area (Å²) in [7, 11) is 0. The fourth-order valence-electron chi connectivity index (χ4n) is 0.661. The zero-order chi connectivity index (χ0) is 6.85. The largest absolute Gasteiger partial charge is 0.335 e. The molecule has 1 heterocycles. The van der Waals surface area contributed by atoms with Crippen LogP contribution in [0.3, 0.4) is 0 Å². The van der Waals surface area contributed by atoms with E-state index in [2.05, 4.69) is 10.3 Å². The van der Waals surface area contributed by atoms with Crippen LogP contribution in [0, 0.1) is 0 Å². The number of nitrogens with two attached hydrogens (primary N) is 1. The molecule has 0 spiro atoms. The van der Waals surface area contributed by atoms with E-state index < -0.39 is 0 Å². The lowest BCUT2D eigenvalue weighted by atomic mass is 10.3. The molecule has 3 nitrogen and oxygen atoms in total. The predicted octanol–water partition coefficient (Wildman–Crippen LogP) is 0.373. The summed E-state index contributed by atoms with van der Waals surface area (Å²) in [6.07, 6.45) is 1.52. The van der Waals surface area contributed by atoms with E-state index in [0.717, 1.165) is 5.70 Å². The van der Waals surface area contributed by atoms with Crippen molar-refractivity contribution in [1.29, 1.82) is 0 Å². The molecule has 1 atom stereocenters. The van der Waals surface area contributed by atoms with Gasteiger partial charge in [0.2, 0.25) is 0 Å². The summed E-state index contributed by atoms with van der Waals surface area (Å²) in [5, 5.41) is 3.17. The minimum Gasteiger partial charge on any atom is -0.335 e. The molecule has 0 saturated heterocycles. The number of hydrogen-bond acceptors (Lipinski definition) is 3. The quantitative estimate of drug-likeness (QED) is 0.484. The number of aliphatic imine (C=N–C) groups is 1. The molecule has 0 unspecified atom stereocenters. The first-order chi connectivity index (χ1) is 4.18. The summed E-state index contributed by atoms with van der Waals surface area (Å²) in [5.74, 6) is 0. The van der Waals surface area contributed by atoms with E-state index >= 15 is 0 Å². The van der Waals surface area contributed by atoms with E-state index in [0.29, 0.717) is 5.29 Å². The molecule has 3 N–H and O–H groups in total. The van der Waals surface area contributed by atoms with Crippen molar-refractivity contribution in [3.8, 4) is 0 Å². The van der Waals surface area contributed by atoms with Gasteiger partial charge in [0.1, 0.15) is 6.17 Å². The number of halogens is 1. The molecule has 0 amide bonds. The third-order valence-electron chi connectivity index (χ3n) is 0.983. The lowest BCUT2D eigenvalue weighted by molar-refractivity contribution is 0.828. The van der Waals surface area contributed by atoms with Gasteiger partial charge < -0.3 is 11.1 Å². The Labute approximate surface area is 58.6 Å². The molecule has 1 aliphatic heterocycles. The van der Waals surface area contributed by atoms with Gasteiger partial charge in [0.15, 0.2) is 5.29 Å². The van der Waals surface area contributed by atoms with Crippen LogP contribution < -0.4 is 11.1 Å². The van der Waals surface area contributed by atoms with Gasteiger partial charge in [-0.15, -0.1) is 0 Å². The normalized spacial score (nSPS) is 26.3. The number of nitrogens with zero attached hydrogens (tertiary/aromatic N) is 1. The maximum atomic E-state index is 5.52. The van der Waals surface area contributed by atoms with E-state index in [-0.39, 0.29) is 6.17 Å². The molecule has 1 aliphatic rings. The average Bonchev–Trinajstić information content (AvgIpc) is 1.59. The van der Waals surface area contributed by atoms with Gasteiger partial charge in [-0.05, 0) is 24.6 Å². The summed E-state index contributed by atoms with van der Waals surface area (Å²) in [6.45, 7) is 1.89. The minimum atomic E-state index is -0.279. The topological polar surface area (TPSA) is 50.4 Å². The molecule has 1 rings (SSSR count). The van der Waals surface area contributed by atoms with Gasteiger partial charge in [-0.3, -0.25) is 0 Å². The zero-order valence-electron chi connectivity index (χ0n) is 5.06. The van der Waals surface area contributed by atoms with E-state index in [9.17, 15) is 0 Å². The number of hydrogen-bond donors (Lipinski definition) is 2. The Morgan fingerprint density at radius 1 is 1.89 bits per heavy atom. The smallest absolute Gasteiger partial charge is 0.197 e. The van der Waals surface area contributed by atoms with Crippen LogP contribution in [0.2, 0.25) is 0 Å². The maximum Gasteiger partial charge on any atom is 0.197 e. The average molecular weight is 146 g/mol.